The molecule has 1 saturated heterocycles. The Morgan fingerprint density at radius 3 is 2.86 bits per heavy atom. The van der Waals surface area contributed by atoms with Gasteiger partial charge in [-0.05, 0) is 38.5 Å². The van der Waals surface area contributed by atoms with E-state index in [-0.39, 0.29) is 17.3 Å². The SMILES string of the molecule is CC1OCCC1S(=O)C(C)C(=O)Nc1ccc(Cl)c(N)c1. The van der Waals surface area contributed by atoms with Crippen LogP contribution in [0.1, 0.15) is 20.3 Å². The summed E-state index contributed by atoms with van der Waals surface area (Å²) in [5.41, 5.74) is 6.62. The summed E-state index contributed by atoms with van der Waals surface area (Å²) in [5.74, 6) is -0.297. The molecule has 21 heavy (non-hydrogen) atoms. The van der Waals surface area contributed by atoms with Crippen LogP contribution in [-0.2, 0) is 20.3 Å². The van der Waals surface area contributed by atoms with E-state index in [4.69, 9.17) is 22.1 Å². The Balaban J connectivity index is 2.02. The van der Waals surface area contributed by atoms with E-state index in [1.165, 1.54) is 0 Å². The zero-order valence-electron chi connectivity index (χ0n) is 12.0. The predicted molar refractivity (Wildman–Crippen MR) is 85.9 cm³/mol. The zero-order chi connectivity index (χ0) is 15.6. The van der Waals surface area contributed by atoms with E-state index in [1.54, 1.807) is 25.1 Å². The van der Waals surface area contributed by atoms with Crippen molar-refractivity contribution in [2.45, 2.75) is 36.9 Å². The lowest BCUT2D eigenvalue weighted by molar-refractivity contribution is -0.115. The van der Waals surface area contributed by atoms with Crippen molar-refractivity contribution in [2.24, 2.45) is 0 Å². The second-order valence-electron chi connectivity index (χ2n) is 5.10. The Morgan fingerprint density at radius 2 is 2.29 bits per heavy atom. The van der Waals surface area contributed by atoms with Gasteiger partial charge < -0.3 is 15.8 Å². The first-order valence-corrected chi connectivity index (χ1v) is 8.42. The number of nitrogen functional groups attached to an aromatic ring is 1. The van der Waals surface area contributed by atoms with Crippen LogP contribution in [0.3, 0.4) is 0 Å². The third kappa shape index (κ3) is 3.75. The van der Waals surface area contributed by atoms with Crippen molar-refractivity contribution < 1.29 is 13.7 Å². The van der Waals surface area contributed by atoms with Crippen molar-refractivity contribution in [3.05, 3.63) is 23.2 Å². The molecule has 1 aromatic carbocycles. The van der Waals surface area contributed by atoms with E-state index in [2.05, 4.69) is 5.32 Å². The lowest BCUT2D eigenvalue weighted by Gasteiger charge is -2.19. The number of rotatable bonds is 4. The van der Waals surface area contributed by atoms with Gasteiger partial charge in [-0.25, -0.2) is 0 Å². The fourth-order valence-corrected chi connectivity index (χ4v) is 3.95. The Hall–Kier alpha value is -1.11. The molecule has 5 nitrogen and oxygen atoms in total. The van der Waals surface area contributed by atoms with Gasteiger partial charge in [0.15, 0.2) is 0 Å². The number of amides is 1. The van der Waals surface area contributed by atoms with Gasteiger partial charge in [-0.15, -0.1) is 0 Å². The molecule has 0 aromatic heterocycles. The highest BCUT2D eigenvalue weighted by Crippen LogP contribution is 2.24. The van der Waals surface area contributed by atoms with Crippen molar-refractivity contribution in [1.82, 2.24) is 0 Å². The molecule has 0 saturated carbocycles. The van der Waals surface area contributed by atoms with Crippen molar-refractivity contribution in [1.29, 1.82) is 0 Å². The van der Waals surface area contributed by atoms with E-state index in [9.17, 15) is 9.00 Å². The van der Waals surface area contributed by atoms with E-state index < -0.39 is 16.0 Å². The van der Waals surface area contributed by atoms with Crippen LogP contribution >= 0.6 is 11.6 Å². The number of nitrogens with one attached hydrogen (secondary N) is 1. The van der Waals surface area contributed by atoms with Crippen LogP contribution in [-0.4, -0.2) is 33.3 Å². The average Bonchev–Trinajstić information content (AvgIpc) is 2.87. The molecule has 1 fully saturated rings. The molecule has 4 unspecified atom stereocenters. The summed E-state index contributed by atoms with van der Waals surface area (Å²) >= 11 is 5.83. The van der Waals surface area contributed by atoms with Crippen LogP contribution in [0.4, 0.5) is 11.4 Å². The van der Waals surface area contributed by atoms with Crippen LogP contribution in [0.5, 0.6) is 0 Å². The zero-order valence-corrected chi connectivity index (χ0v) is 13.5. The summed E-state index contributed by atoms with van der Waals surface area (Å²) in [6.45, 7) is 4.15. The molecule has 2 rings (SSSR count). The van der Waals surface area contributed by atoms with Gasteiger partial charge in [0, 0.05) is 23.1 Å². The van der Waals surface area contributed by atoms with Crippen LogP contribution in [0.15, 0.2) is 18.2 Å². The monoisotopic (exact) mass is 330 g/mol. The van der Waals surface area contributed by atoms with Crippen molar-refractivity contribution in [3.63, 3.8) is 0 Å². The molecule has 116 valence electrons. The molecule has 0 radical (unpaired) electrons. The summed E-state index contributed by atoms with van der Waals surface area (Å²) < 4.78 is 17.8. The Morgan fingerprint density at radius 1 is 1.57 bits per heavy atom. The molecule has 3 N–H and O–H groups in total. The fourth-order valence-electron chi connectivity index (χ4n) is 2.25. The molecule has 1 aliphatic rings. The molecule has 0 bridgehead atoms. The minimum atomic E-state index is -1.28. The quantitative estimate of drug-likeness (QED) is 0.829. The van der Waals surface area contributed by atoms with E-state index in [0.717, 1.165) is 6.42 Å². The Bertz CT molecular complexity index is 567. The third-order valence-electron chi connectivity index (χ3n) is 3.59. The van der Waals surface area contributed by atoms with Crippen LogP contribution < -0.4 is 11.1 Å². The van der Waals surface area contributed by atoms with Gasteiger partial charge in [0.2, 0.25) is 5.91 Å². The largest absolute Gasteiger partial charge is 0.397 e. The lowest BCUT2D eigenvalue weighted by Crippen LogP contribution is -2.37. The summed E-state index contributed by atoms with van der Waals surface area (Å²) in [7, 11) is -1.28. The molecule has 0 aliphatic carbocycles. The maximum absolute atomic E-state index is 12.4. The number of ether oxygens (including phenoxy) is 1. The highest BCUT2D eigenvalue weighted by Gasteiger charge is 2.34. The van der Waals surface area contributed by atoms with Gasteiger partial charge in [0.25, 0.3) is 0 Å². The number of nitrogens with two attached hydrogens (primary N) is 1. The van der Waals surface area contributed by atoms with Gasteiger partial charge in [-0.1, -0.05) is 11.6 Å². The number of hydrogen-bond acceptors (Lipinski definition) is 4. The molecular formula is C14H19ClN2O3S. The number of anilines is 2. The molecule has 1 heterocycles. The molecule has 0 spiro atoms. The standard InChI is InChI=1S/C14H19ClN2O3S/c1-8-13(5-6-20-8)21(19)9(2)14(18)17-10-3-4-11(15)12(16)7-10/h3-4,7-9,13H,5-6,16H2,1-2H3,(H,17,18). The van der Waals surface area contributed by atoms with E-state index >= 15 is 0 Å². The topological polar surface area (TPSA) is 81.4 Å². The van der Waals surface area contributed by atoms with Crippen molar-refractivity contribution in [3.8, 4) is 0 Å². The maximum atomic E-state index is 12.4. The summed E-state index contributed by atoms with van der Waals surface area (Å²) in [6.07, 6.45) is 0.645. The van der Waals surface area contributed by atoms with Gasteiger partial charge in [-0.2, -0.15) is 0 Å². The van der Waals surface area contributed by atoms with Gasteiger partial charge in [0.05, 0.1) is 22.1 Å². The first-order chi connectivity index (χ1) is 9.90. The Labute approximate surface area is 131 Å². The Kier molecular flexibility index (Phi) is 5.24. The summed E-state index contributed by atoms with van der Waals surface area (Å²) in [6, 6.07) is 4.85. The molecule has 1 aliphatic heterocycles. The molecule has 7 heteroatoms. The molecular weight excluding hydrogens is 312 g/mol. The third-order valence-corrected chi connectivity index (χ3v) is 6.06. The summed E-state index contributed by atoms with van der Waals surface area (Å²) in [5, 5.41) is 2.44. The minimum absolute atomic E-state index is 0.0766. The van der Waals surface area contributed by atoms with E-state index in [0.29, 0.717) is 23.0 Å². The molecule has 1 amide bonds. The van der Waals surface area contributed by atoms with Crippen LogP contribution in [0.2, 0.25) is 5.02 Å². The number of halogens is 1. The highest BCUT2D eigenvalue weighted by atomic mass is 35.5. The fraction of sp³-hybridized carbons (Fsp3) is 0.500. The first kappa shape index (κ1) is 16.3. The second kappa shape index (κ2) is 6.77. The van der Waals surface area contributed by atoms with Crippen molar-refractivity contribution >= 4 is 39.7 Å². The normalized spacial score (nSPS) is 24.5. The predicted octanol–water partition coefficient (Wildman–Crippen LogP) is 2.18. The molecule has 1 aromatic rings. The van der Waals surface area contributed by atoms with Crippen LogP contribution in [0.25, 0.3) is 0 Å². The highest BCUT2D eigenvalue weighted by molar-refractivity contribution is 7.87. The van der Waals surface area contributed by atoms with E-state index in [1.807, 2.05) is 6.92 Å². The number of hydrogen-bond donors (Lipinski definition) is 2. The molecule has 4 atom stereocenters. The second-order valence-corrected chi connectivity index (χ2v) is 7.48. The van der Waals surface area contributed by atoms with Gasteiger partial charge in [-0.3, -0.25) is 9.00 Å². The smallest absolute Gasteiger partial charge is 0.239 e. The number of benzene rings is 1. The first-order valence-electron chi connectivity index (χ1n) is 6.77. The number of carbonyl (C=O) groups excluding carboxylic acids is 1. The van der Waals surface area contributed by atoms with Gasteiger partial charge >= 0.3 is 0 Å². The van der Waals surface area contributed by atoms with Crippen molar-refractivity contribution in [2.75, 3.05) is 17.7 Å². The maximum Gasteiger partial charge on any atom is 0.239 e. The van der Waals surface area contributed by atoms with Crippen LogP contribution in [0, 0.1) is 0 Å². The average molecular weight is 331 g/mol. The summed E-state index contributed by atoms with van der Waals surface area (Å²) in [4.78, 5) is 12.2. The number of carbonyl (C=O) groups is 1. The van der Waals surface area contributed by atoms with Gasteiger partial charge in [0.1, 0.15) is 5.25 Å². The lowest BCUT2D eigenvalue weighted by atomic mass is 10.2. The minimum Gasteiger partial charge on any atom is -0.397 e.